The number of carbonyl (C=O) groups is 1. The third-order valence-electron chi connectivity index (χ3n) is 3.93. The van der Waals surface area contributed by atoms with Crippen molar-refractivity contribution in [3.05, 3.63) is 17.0 Å². The quantitative estimate of drug-likeness (QED) is 0.928. The molecule has 0 bridgehead atoms. The van der Waals surface area contributed by atoms with Gasteiger partial charge in [0.2, 0.25) is 0 Å². The standard InChI is InChI=1S/C15H25N3O2.ClH/c1-10(2)14-13(11(3)17-20-14)15(19)18-7-5-6-12(9-18)8-16-4;/h10,12,16H,5-9H2,1-4H3;1H. The first-order valence-electron chi connectivity index (χ1n) is 7.44. The average Bonchev–Trinajstić information content (AvgIpc) is 2.81. The summed E-state index contributed by atoms with van der Waals surface area (Å²) in [6.07, 6.45) is 2.25. The summed E-state index contributed by atoms with van der Waals surface area (Å²) >= 11 is 0. The van der Waals surface area contributed by atoms with Crippen LogP contribution in [0.25, 0.3) is 0 Å². The van der Waals surface area contributed by atoms with Crippen molar-refractivity contribution in [3.63, 3.8) is 0 Å². The SMILES string of the molecule is CNCC1CCCN(C(=O)c2c(C)noc2C(C)C)C1.Cl. The van der Waals surface area contributed by atoms with Crippen LogP contribution in [-0.2, 0) is 0 Å². The van der Waals surface area contributed by atoms with Crippen molar-refractivity contribution in [3.8, 4) is 0 Å². The minimum Gasteiger partial charge on any atom is -0.360 e. The largest absolute Gasteiger partial charge is 0.360 e. The zero-order valence-corrected chi connectivity index (χ0v) is 14.1. The zero-order chi connectivity index (χ0) is 14.7. The highest BCUT2D eigenvalue weighted by molar-refractivity contribution is 5.96. The lowest BCUT2D eigenvalue weighted by Crippen LogP contribution is -2.42. The van der Waals surface area contributed by atoms with Crippen LogP contribution >= 0.6 is 12.4 Å². The predicted octanol–water partition coefficient (Wildman–Crippen LogP) is 2.60. The van der Waals surface area contributed by atoms with E-state index in [4.69, 9.17) is 4.52 Å². The van der Waals surface area contributed by atoms with E-state index in [1.807, 2.05) is 32.7 Å². The van der Waals surface area contributed by atoms with E-state index in [-0.39, 0.29) is 24.2 Å². The normalized spacial score (nSPS) is 18.7. The molecular weight excluding hydrogens is 290 g/mol. The topological polar surface area (TPSA) is 58.4 Å². The van der Waals surface area contributed by atoms with E-state index in [1.54, 1.807) is 0 Å². The van der Waals surface area contributed by atoms with Crippen molar-refractivity contribution >= 4 is 18.3 Å². The molecule has 1 aromatic rings. The Bertz CT molecular complexity index is 471. The van der Waals surface area contributed by atoms with Crippen LogP contribution in [-0.4, -0.2) is 42.6 Å². The number of nitrogens with zero attached hydrogens (tertiary/aromatic N) is 2. The molecule has 1 atom stereocenters. The molecule has 1 N–H and O–H groups in total. The van der Waals surface area contributed by atoms with Crippen LogP contribution in [0, 0.1) is 12.8 Å². The monoisotopic (exact) mass is 315 g/mol. The van der Waals surface area contributed by atoms with Crippen LogP contribution in [0.5, 0.6) is 0 Å². The van der Waals surface area contributed by atoms with Gasteiger partial charge in [0.15, 0.2) is 5.76 Å². The maximum atomic E-state index is 12.8. The Hall–Kier alpha value is -1.07. The number of piperidine rings is 1. The van der Waals surface area contributed by atoms with Crippen molar-refractivity contribution < 1.29 is 9.32 Å². The van der Waals surface area contributed by atoms with Crippen LogP contribution in [0.2, 0.25) is 0 Å². The van der Waals surface area contributed by atoms with Gasteiger partial charge in [-0.15, -0.1) is 12.4 Å². The third-order valence-corrected chi connectivity index (χ3v) is 3.93. The smallest absolute Gasteiger partial charge is 0.259 e. The lowest BCUT2D eigenvalue weighted by atomic mass is 9.96. The molecule has 1 saturated heterocycles. The fourth-order valence-corrected chi connectivity index (χ4v) is 2.90. The van der Waals surface area contributed by atoms with Crippen molar-refractivity contribution in [2.45, 2.75) is 39.5 Å². The van der Waals surface area contributed by atoms with Gasteiger partial charge in [0.25, 0.3) is 5.91 Å². The van der Waals surface area contributed by atoms with Crippen LogP contribution in [0.4, 0.5) is 0 Å². The van der Waals surface area contributed by atoms with Crippen molar-refractivity contribution in [1.29, 1.82) is 0 Å². The highest BCUT2D eigenvalue weighted by atomic mass is 35.5. The summed E-state index contributed by atoms with van der Waals surface area (Å²) in [6.45, 7) is 8.51. The minimum atomic E-state index is 0. The summed E-state index contributed by atoms with van der Waals surface area (Å²) in [7, 11) is 1.96. The highest BCUT2D eigenvalue weighted by Crippen LogP contribution is 2.25. The fourth-order valence-electron chi connectivity index (χ4n) is 2.90. The van der Waals surface area contributed by atoms with E-state index in [2.05, 4.69) is 10.5 Å². The van der Waals surface area contributed by atoms with Gasteiger partial charge in [-0.1, -0.05) is 19.0 Å². The summed E-state index contributed by atoms with van der Waals surface area (Å²) in [5, 5.41) is 7.18. The van der Waals surface area contributed by atoms with E-state index in [9.17, 15) is 4.79 Å². The Morgan fingerprint density at radius 3 is 2.86 bits per heavy atom. The summed E-state index contributed by atoms with van der Waals surface area (Å²) in [5.74, 6) is 1.50. The van der Waals surface area contributed by atoms with Crippen molar-refractivity contribution in [1.82, 2.24) is 15.4 Å². The van der Waals surface area contributed by atoms with Gasteiger partial charge in [-0.3, -0.25) is 4.79 Å². The second kappa shape index (κ2) is 7.80. The van der Waals surface area contributed by atoms with Crippen molar-refractivity contribution in [2.24, 2.45) is 5.92 Å². The predicted molar refractivity (Wildman–Crippen MR) is 85.1 cm³/mol. The molecule has 120 valence electrons. The number of likely N-dealkylation sites (tertiary alicyclic amines) is 1. The van der Waals surface area contributed by atoms with Gasteiger partial charge in [0.05, 0.1) is 5.69 Å². The molecular formula is C15H26ClN3O2. The van der Waals surface area contributed by atoms with Gasteiger partial charge >= 0.3 is 0 Å². The number of hydrogen-bond acceptors (Lipinski definition) is 4. The molecule has 0 radical (unpaired) electrons. The molecule has 21 heavy (non-hydrogen) atoms. The molecule has 0 aromatic carbocycles. The minimum absolute atomic E-state index is 0. The molecule has 6 heteroatoms. The molecule has 1 aromatic heterocycles. The van der Waals surface area contributed by atoms with Crippen LogP contribution < -0.4 is 5.32 Å². The van der Waals surface area contributed by atoms with E-state index >= 15 is 0 Å². The number of rotatable bonds is 4. The Morgan fingerprint density at radius 1 is 1.52 bits per heavy atom. The summed E-state index contributed by atoms with van der Waals surface area (Å²) < 4.78 is 5.33. The zero-order valence-electron chi connectivity index (χ0n) is 13.3. The fraction of sp³-hybridized carbons (Fsp3) is 0.733. The number of aryl methyl sites for hydroxylation is 1. The van der Waals surface area contributed by atoms with Crippen LogP contribution in [0.1, 0.15) is 54.4 Å². The Morgan fingerprint density at radius 2 is 2.24 bits per heavy atom. The molecule has 5 nitrogen and oxygen atoms in total. The van der Waals surface area contributed by atoms with Gasteiger partial charge in [0.1, 0.15) is 5.56 Å². The number of nitrogens with one attached hydrogen (secondary N) is 1. The summed E-state index contributed by atoms with van der Waals surface area (Å²) in [5.41, 5.74) is 1.37. The molecule has 1 fully saturated rings. The molecule has 1 aliphatic heterocycles. The van der Waals surface area contributed by atoms with E-state index < -0.39 is 0 Å². The second-order valence-corrected chi connectivity index (χ2v) is 5.98. The first kappa shape index (κ1) is 18.0. The number of aromatic nitrogens is 1. The molecule has 1 amide bonds. The van der Waals surface area contributed by atoms with E-state index in [0.717, 1.165) is 26.1 Å². The summed E-state index contributed by atoms with van der Waals surface area (Å²) in [6, 6.07) is 0. The molecule has 2 rings (SSSR count). The first-order valence-corrected chi connectivity index (χ1v) is 7.44. The van der Waals surface area contributed by atoms with Gasteiger partial charge in [-0.25, -0.2) is 0 Å². The molecule has 0 spiro atoms. The molecule has 0 aliphatic carbocycles. The average molecular weight is 316 g/mol. The Kier molecular flexibility index (Phi) is 6.68. The van der Waals surface area contributed by atoms with Gasteiger partial charge in [-0.05, 0) is 39.3 Å². The van der Waals surface area contributed by atoms with Gasteiger partial charge in [-0.2, -0.15) is 0 Å². The number of hydrogen-bond donors (Lipinski definition) is 1. The second-order valence-electron chi connectivity index (χ2n) is 5.98. The van der Waals surface area contributed by atoms with Crippen LogP contribution in [0.15, 0.2) is 4.52 Å². The third kappa shape index (κ3) is 3.98. The molecule has 0 saturated carbocycles. The Labute approximate surface area is 132 Å². The van der Waals surface area contributed by atoms with Crippen LogP contribution in [0.3, 0.4) is 0 Å². The van der Waals surface area contributed by atoms with Crippen molar-refractivity contribution in [2.75, 3.05) is 26.7 Å². The maximum Gasteiger partial charge on any atom is 0.259 e. The Balaban J connectivity index is 0.00000220. The maximum absolute atomic E-state index is 12.8. The molecule has 1 aliphatic rings. The lowest BCUT2D eigenvalue weighted by Gasteiger charge is -2.32. The first-order chi connectivity index (χ1) is 9.54. The lowest BCUT2D eigenvalue weighted by molar-refractivity contribution is 0.0670. The van der Waals surface area contributed by atoms with Gasteiger partial charge in [0, 0.05) is 19.0 Å². The molecule has 2 heterocycles. The van der Waals surface area contributed by atoms with E-state index in [0.29, 0.717) is 22.9 Å². The highest BCUT2D eigenvalue weighted by Gasteiger charge is 2.29. The summed E-state index contributed by atoms with van der Waals surface area (Å²) in [4.78, 5) is 14.7. The number of amides is 1. The van der Waals surface area contributed by atoms with E-state index in [1.165, 1.54) is 6.42 Å². The number of carbonyl (C=O) groups excluding carboxylic acids is 1. The van der Waals surface area contributed by atoms with Gasteiger partial charge < -0.3 is 14.7 Å². The number of halogens is 1. The molecule has 1 unspecified atom stereocenters.